The van der Waals surface area contributed by atoms with E-state index in [2.05, 4.69) is 22.1 Å². The maximum atomic E-state index is 10.5. The van der Waals surface area contributed by atoms with Gasteiger partial charge in [-0.05, 0) is 25.9 Å². The first kappa shape index (κ1) is 10.3. The molecular formula is C10H16N4O. The largest absolute Gasteiger partial charge is 0.299 e. The van der Waals surface area contributed by atoms with E-state index in [1.807, 2.05) is 0 Å². The van der Waals surface area contributed by atoms with Crippen molar-refractivity contribution in [3.8, 4) is 0 Å². The van der Waals surface area contributed by atoms with E-state index in [0.29, 0.717) is 11.7 Å². The summed E-state index contributed by atoms with van der Waals surface area (Å²) >= 11 is 0. The van der Waals surface area contributed by atoms with E-state index in [1.54, 1.807) is 10.9 Å². The number of rotatable bonds is 4. The number of likely N-dealkylation sites (tertiary alicyclic amines) is 1. The molecule has 1 aliphatic heterocycles. The average Bonchev–Trinajstić information content (AvgIpc) is 2.87. The zero-order chi connectivity index (χ0) is 10.7. The van der Waals surface area contributed by atoms with E-state index in [9.17, 15) is 4.79 Å². The van der Waals surface area contributed by atoms with E-state index < -0.39 is 0 Å². The van der Waals surface area contributed by atoms with Crippen molar-refractivity contribution in [2.75, 3.05) is 13.1 Å². The van der Waals surface area contributed by atoms with Crippen molar-refractivity contribution in [1.29, 1.82) is 0 Å². The third-order valence-corrected chi connectivity index (χ3v) is 2.98. The number of aldehydes is 1. The molecule has 0 spiro atoms. The second-order valence-corrected chi connectivity index (χ2v) is 3.91. The van der Waals surface area contributed by atoms with Crippen molar-refractivity contribution in [3.05, 3.63) is 11.9 Å². The summed E-state index contributed by atoms with van der Waals surface area (Å²) in [5, 5.41) is 7.68. The van der Waals surface area contributed by atoms with Gasteiger partial charge in [0, 0.05) is 6.04 Å². The molecule has 1 fully saturated rings. The zero-order valence-electron chi connectivity index (χ0n) is 8.96. The monoisotopic (exact) mass is 208 g/mol. The summed E-state index contributed by atoms with van der Waals surface area (Å²) in [5.74, 6) is 0. The molecule has 2 heterocycles. The lowest BCUT2D eigenvalue weighted by molar-refractivity contribution is 0.111. The Morgan fingerprint density at radius 1 is 1.67 bits per heavy atom. The summed E-state index contributed by atoms with van der Waals surface area (Å²) in [6.45, 7) is 5.28. The maximum Gasteiger partial charge on any atom is 0.171 e. The van der Waals surface area contributed by atoms with Crippen LogP contribution in [0.5, 0.6) is 0 Å². The Morgan fingerprint density at radius 3 is 3.20 bits per heavy atom. The highest BCUT2D eigenvalue weighted by Crippen LogP contribution is 2.17. The molecule has 15 heavy (non-hydrogen) atoms. The van der Waals surface area contributed by atoms with Crippen molar-refractivity contribution in [2.24, 2.45) is 0 Å². The van der Waals surface area contributed by atoms with Crippen LogP contribution in [-0.2, 0) is 6.54 Å². The molecule has 0 saturated carbocycles. The summed E-state index contributed by atoms with van der Waals surface area (Å²) < 4.78 is 1.77. The van der Waals surface area contributed by atoms with E-state index >= 15 is 0 Å². The van der Waals surface area contributed by atoms with E-state index in [-0.39, 0.29) is 0 Å². The minimum Gasteiger partial charge on any atom is -0.299 e. The van der Waals surface area contributed by atoms with Crippen LogP contribution in [0.25, 0.3) is 0 Å². The van der Waals surface area contributed by atoms with Gasteiger partial charge in [-0.2, -0.15) is 0 Å². The topological polar surface area (TPSA) is 51.0 Å². The molecule has 0 N–H and O–H groups in total. The maximum absolute atomic E-state index is 10.5. The van der Waals surface area contributed by atoms with Crippen LogP contribution < -0.4 is 0 Å². The first-order valence-corrected chi connectivity index (χ1v) is 5.43. The van der Waals surface area contributed by atoms with Gasteiger partial charge in [0.05, 0.1) is 12.7 Å². The molecule has 1 atom stereocenters. The van der Waals surface area contributed by atoms with Crippen LogP contribution in [0.3, 0.4) is 0 Å². The summed E-state index contributed by atoms with van der Waals surface area (Å²) in [6.07, 6.45) is 4.91. The fraction of sp³-hybridized carbons (Fsp3) is 0.700. The third kappa shape index (κ3) is 2.23. The fourth-order valence-corrected chi connectivity index (χ4v) is 2.19. The molecule has 1 aliphatic rings. The number of aromatic nitrogens is 3. The van der Waals surface area contributed by atoms with Gasteiger partial charge in [0.2, 0.25) is 0 Å². The Labute approximate surface area is 89.1 Å². The molecule has 5 nitrogen and oxygen atoms in total. The van der Waals surface area contributed by atoms with Gasteiger partial charge in [0.15, 0.2) is 6.29 Å². The first-order chi connectivity index (χ1) is 7.33. The van der Waals surface area contributed by atoms with Crippen molar-refractivity contribution in [1.82, 2.24) is 19.9 Å². The smallest absolute Gasteiger partial charge is 0.171 e. The molecule has 1 aromatic rings. The van der Waals surface area contributed by atoms with Gasteiger partial charge in [0.25, 0.3) is 0 Å². The molecule has 0 bridgehead atoms. The SMILES string of the molecule is CCN1CCC[C@@H]1Cn1cc(C=O)nn1. The van der Waals surface area contributed by atoms with E-state index in [4.69, 9.17) is 0 Å². The highest BCUT2D eigenvalue weighted by molar-refractivity contribution is 5.70. The van der Waals surface area contributed by atoms with Crippen molar-refractivity contribution in [3.63, 3.8) is 0 Å². The molecule has 5 heteroatoms. The highest BCUT2D eigenvalue weighted by Gasteiger charge is 2.23. The van der Waals surface area contributed by atoms with Gasteiger partial charge in [-0.3, -0.25) is 14.4 Å². The van der Waals surface area contributed by atoms with E-state index in [0.717, 1.165) is 19.4 Å². The summed E-state index contributed by atoms with van der Waals surface area (Å²) in [5.41, 5.74) is 0.413. The molecule has 0 aromatic carbocycles. The number of carbonyl (C=O) groups is 1. The van der Waals surface area contributed by atoms with Crippen LogP contribution in [0.15, 0.2) is 6.20 Å². The molecule has 0 aliphatic carbocycles. The van der Waals surface area contributed by atoms with Gasteiger partial charge in [0.1, 0.15) is 5.69 Å². The van der Waals surface area contributed by atoms with Crippen LogP contribution in [0.2, 0.25) is 0 Å². The van der Waals surface area contributed by atoms with Crippen molar-refractivity contribution >= 4 is 6.29 Å². The van der Waals surface area contributed by atoms with Gasteiger partial charge in [-0.25, -0.2) is 0 Å². The molecule has 0 radical (unpaired) electrons. The molecule has 82 valence electrons. The quantitative estimate of drug-likeness (QED) is 0.679. The standard InChI is InChI=1S/C10H16N4O/c1-2-13-5-3-4-10(13)7-14-6-9(8-15)11-12-14/h6,8,10H,2-5,7H2,1H3/t10-/m1/s1. The van der Waals surface area contributed by atoms with Crippen LogP contribution in [0.1, 0.15) is 30.3 Å². The number of carbonyl (C=O) groups excluding carboxylic acids is 1. The van der Waals surface area contributed by atoms with Crippen LogP contribution in [-0.4, -0.2) is 45.3 Å². The second-order valence-electron chi connectivity index (χ2n) is 3.91. The van der Waals surface area contributed by atoms with Crippen LogP contribution in [0.4, 0.5) is 0 Å². The van der Waals surface area contributed by atoms with Crippen molar-refractivity contribution in [2.45, 2.75) is 32.4 Å². The third-order valence-electron chi connectivity index (χ3n) is 2.98. The summed E-state index contributed by atoms with van der Waals surface area (Å²) in [6, 6.07) is 0.552. The Balaban J connectivity index is 1.98. The normalized spacial score (nSPS) is 22.1. The molecule has 1 saturated heterocycles. The Morgan fingerprint density at radius 2 is 2.53 bits per heavy atom. The molecular weight excluding hydrogens is 192 g/mol. The van der Waals surface area contributed by atoms with E-state index in [1.165, 1.54) is 19.4 Å². The second kappa shape index (κ2) is 4.53. The Hall–Kier alpha value is -1.23. The lowest BCUT2D eigenvalue weighted by Gasteiger charge is -2.22. The number of nitrogens with zero attached hydrogens (tertiary/aromatic N) is 4. The van der Waals surface area contributed by atoms with Gasteiger partial charge >= 0.3 is 0 Å². The van der Waals surface area contributed by atoms with Crippen LogP contribution >= 0.6 is 0 Å². The lowest BCUT2D eigenvalue weighted by atomic mass is 10.2. The minimum atomic E-state index is 0.413. The van der Waals surface area contributed by atoms with Gasteiger partial charge in [-0.15, -0.1) is 5.10 Å². The van der Waals surface area contributed by atoms with Gasteiger partial charge < -0.3 is 0 Å². The lowest BCUT2D eigenvalue weighted by Crippen LogP contribution is -2.32. The Kier molecular flexibility index (Phi) is 3.11. The highest BCUT2D eigenvalue weighted by atomic mass is 16.1. The summed E-state index contributed by atoms with van der Waals surface area (Å²) in [4.78, 5) is 12.9. The predicted molar refractivity (Wildman–Crippen MR) is 55.7 cm³/mol. The molecule has 2 rings (SSSR count). The number of hydrogen-bond donors (Lipinski definition) is 0. The predicted octanol–water partition coefficient (Wildman–Crippen LogP) is 0.575. The average molecular weight is 208 g/mol. The summed E-state index contributed by atoms with van der Waals surface area (Å²) in [7, 11) is 0. The zero-order valence-corrected chi connectivity index (χ0v) is 8.96. The molecule has 0 amide bonds. The first-order valence-electron chi connectivity index (χ1n) is 5.43. The number of hydrogen-bond acceptors (Lipinski definition) is 4. The fourth-order valence-electron chi connectivity index (χ4n) is 2.19. The van der Waals surface area contributed by atoms with Crippen LogP contribution in [0, 0.1) is 0 Å². The van der Waals surface area contributed by atoms with Crippen molar-refractivity contribution < 1.29 is 4.79 Å². The van der Waals surface area contributed by atoms with Gasteiger partial charge in [-0.1, -0.05) is 12.1 Å². The number of likely N-dealkylation sites (N-methyl/N-ethyl adjacent to an activating group) is 1. The molecule has 0 unspecified atom stereocenters. The minimum absolute atomic E-state index is 0.413. The Bertz CT molecular complexity index is 336. The molecule has 1 aromatic heterocycles.